The summed E-state index contributed by atoms with van der Waals surface area (Å²) >= 11 is 15.2. The Hall–Kier alpha value is -1.23. The molecule has 0 aliphatic heterocycles. The van der Waals surface area contributed by atoms with E-state index < -0.39 is 0 Å². The number of halogens is 3. The standard InChI is InChI=1S/C18H12Cl2IN/c19-14-9-6-10-15(20)18(14)22(13-7-2-1-3-8-13)17-12-5-4-11-16(17)21/h1-12H. The van der Waals surface area contributed by atoms with Crippen LogP contribution in [0.25, 0.3) is 0 Å². The van der Waals surface area contributed by atoms with Crippen molar-refractivity contribution >= 4 is 62.9 Å². The van der Waals surface area contributed by atoms with Crippen LogP contribution in [-0.2, 0) is 0 Å². The van der Waals surface area contributed by atoms with Crippen LogP contribution in [0.15, 0.2) is 72.8 Å². The van der Waals surface area contributed by atoms with Gasteiger partial charge in [-0.1, -0.05) is 59.6 Å². The van der Waals surface area contributed by atoms with E-state index in [9.17, 15) is 0 Å². The van der Waals surface area contributed by atoms with Gasteiger partial charge in [0.2, 0.25) is 0 Å². The Morgan fingerprint density at radius 1 is 0.682 bits per heavy atom. The van der Waals surface area contributed by atoms with Gasteiger partial charge in [-0.2, -0.15) is 0 Å². The van der Waals surface area contributed by atoms with Gasteiger partial charge in [0.1, 0.15) is 0 Å². The van der Waals surface area contributed by atoms with E-state index in [0.29, 0.717) is 10.0 Å². The SMILES string of the molecule is Clc1cccc(Cl)c1N(c1ccccc1)c1ccccc1I. The van der Waals surface area contributed by atoms with Crippen LogP contribution in [0.1, 0.15) is 0 Å². The molecule has 110 valence electrons. The molecule has 0 saturated carbocycles. The smallest absolute Gasteiger partial charge is 0.0835 e. The molecule has 0 aliphatic carbocycles. The van der Waals surface area contributed by atoms with Crippen molar-refractivity contribution in [3.63, 3.8) is 0 Å². The van der Waals surface area contributed by atoms with Crippen LogP contribution in [0.4, 0.5) is 17.1 Å². The van der Waals surface area contributed by atoms with Crippen molar-refractivity contribution < 1.29 is 0 Å². The molecular formula is C18H12Cl2IN. The molecule has 0 heterocycles. The van der Waals surface area contributed by atoms with Crippen molar-refractivity contribution in [2.75, 3.05) is 4.90 Å². The topological polar surface area (TPSA) is 3.24 Å². The molecule has 3 rings (SSSR count). The number of hydrogen-bond acceptors (Lipinski definition) is 1. The minimum absolute atomic E-state index is 0.621. The average Bonchev–Trinajstić information content (AvgIpc) is 2.53. The largest absolute Gasteiger partial charge is 0.307 e. The highest BCUT2D eigenvalue weighted by atomic mass is 127. The summed E-state index contributed by atoms with van der Waals surface area (Å²) in [4.78, 5) is 2.09. The van der Waals surface area contributed by atoms with Crippen molar-refractivity contribution in [2.24, 2.45) is 0 Å². The molecule has 3 aromatic carbocycles. The van der Waals surface area contributed by atoms with Crippen LogP contribution < -0.4 is 4.90 Å². The number of nitrogens with zero attached hydrogens (tertiary/aromatic N) is 1. The zero-order valence-corrected chi connectivity index (χ0v) is 15.2. The Kier molecular flexibility index (Phi) is 4.91. The minimum Gasteiger partial charge on any atom is -0.307 e. The van der Waals surface area contributed by atoms with E-state index in [4.69, 9.17) is 23.2 Å². The predicted molar refractivity (Wildman–Crippen MR) is 104 cm³/mol. The van der Waals surface area contributed by atoms with E-state index in [1.807, 2.05) is 60.7 Å². The summed E-state index contributed by atoms with van der Waals surface area (Å²) in [5, 5.41) is 1.24. The number of benzene rings is 3. The second kappa shape index (κ2) is 6.90. The molecule has 0 spiro atoms. The molecule has 0 aliphatic rings. The van der Waals surface area contributed by atoms with Crippen LogP contribution >= 0.6 is 45.8 Å². The van der Waals surface area contributed by atoms with Gasteiger partial charge in [0.15, 0.2) is 0 Å². The van der Waals surface area contributed by atoms with E-state index in [1.165, 1.54) is 0 Å². The third-order valence-electron chi connectivity index (χ3n) is 3.27. The molecule has 22 heavy (non-hydrogen) atoms. The van der Waals surface area contributed by atoms with Gasteiger partial charge >= 0.3 is 0 Å². The number of rotatable bonds is 3. The van der Waals surface area contributed by atoms with Gasteiger partial charge < -0.3 is 4.90 Å². The van der Waals surface area contributed by atoms with Crippen LogP contribution in [0.2, 0.25) is 10.0 Å². The van der Waals surface area contributed by atoms with Gasteiger partial charge in [0.25, 0.3) is 0 Å². The normalized spacial score (nSPS) is 10.5. The third kappa shape index (κ3) is 3.09. The Morgan fingerprint density at radius 2 is 1.27 bits per heavy atom. The van der Waals surface area contributed by atoms with Crippen molar-refractivity contribution in [1.29, 1.82) is 0 Å². The summed E-state index contributed by atoms with van der Waals surface area (Å²) in [5.41, 5.74) is 2.85. The molecule has 0 atom stereocenters. The third-order valence-corrected chi connectivity index (χ3v) is 4.79. The summed E-state index contributed by atoms with van der Waals surface area (Å²) < 4.78 is 1.12. The molecule has 0 saturated heterocycles. The Balaban J connectivity index is 2.27. The minimum atomic E-state index is 0.621. The second-order valence-corrected chi connectivity index (χ2v) is 6.67. The highest BCUT2D eigenvalue weighted by Crippen LogP contribution is 2.44. The van der Waals surface area contributed by atoms with Crippen LogP contribution in [0.3, 0.4) is 0 Å². The van der Waals surface area contributed by atoms with E-state index in [-0.39, 0.29) is 0 Å². The van der Waals surface area contributed by atoms with E-state index in [2.05, 4.69) is 39.6 Å². The van der Waals surface area contributed by atoms with Gasteiger partial charge in [-0.25, -0.2) is 0 Å². The molecule has 0 N–H and O–H groups in total. The molecule has 0 bridgehead atoms. The van der Waals surface area contributed by atoms with Gasteiger partial charge in [-0.05, 0) is 59.0 Å². The van der Waals surface area contributed by atoms with Crippen molar-refractivity contribution in [3.05, 3.63) is 86.4 Å². The first-order valence-corrected chi connectivity index (χ1v) is 8.55. The lowest BCUT2D eigenvalue weighted by Crippen LogP contribution is -2.12. The molecule has 0 radical (unpaired) electrons. The first-order valence-electron chi connectivity index (χ1n) is 6.72. The lowest BCUT2D eigenvalue weighted by atomic mass is 10.2. The fourth-order valence-electron chi connectivity index (χ4n) is 2.30. The van der Waals surface area contributed by atoms with Crippen molar-refractivity contribution in [3.8, 4) is 0 Å². The number of anilines is 3. The zero-order valence-electron chi connectivity index (χ0n) is 11.5. The zero-order chi connectivity index (χ0) is 15.5. The first kappa shape index (κ1) is 15.7. The van der Waals surface area contributed by atoms with E-state index in [1.54, 1.807) is 0 Å². The molecule has 4 heteroatoms. The molecule has 3 aromatic rings. The molecule has 0 aromatic heterocycles. The highest BCUT2D eigenvalue weighted by Gasteiger charge is 2.19. The lowest BCUT2D eigenvalue weighted by Gasteiger charge is -2.28. The van der Waals surface area contributed by atoms with Gasteiger partial charge in [-0.3, -0.25) is 0 Å². The van der Waals surface area contributed by atoms with E-state index >= 15 is 0 Å². The molecule has 0 amide bonds. The molecule has 0 fully saturated rings. The van der Waals surface area contributed by atoms with Crippen LogP contribution in [0.5, 0.6) is 0 Å². The number of para-hydroxylation sites is 3. The Bertz CT molecular complexity index is 770. The summed E-state index contributed by atoms with van der Waals surface area (Å²) in [5.74, 6) is 0. The molecule has 0 unspecified atom stereocenters. The molecule has 1 nitrogen and oxygen atoms in total. The average molecular weight is 440 g/mol. The summed E-state index contributed by atoms with van der Waals surface area (Å²) in [7, 11) is 0. The predicted octanol–water partition coefficient (Wildman–Crippen LogP) is 7.07. The van der Waals surface area contributed by atoms with E-state index in [0.717, 1.165) is 20.6 Å². The Labute approximate surface area is 153 Å². The maximum Gasteiger partial charge on any atom is 0.0835 e. The lowest BCUT2D eigenvalue weighted by molar-refractivity contribution is 1.27. The second-order valence-electron chi connectivity index (χ2n) is 4.69. The van der Waals surface area contributed by atoms with Gasteiger partial charge in [0, 0.05) is 9.26 Å². The van der Waals surface area contributed by atoms with Crippen molar-refractivity contribution in [2.45, 2.75) is 0 Å². The van der Waals surface area contributed by atoms with Crippen LogP contribution in [0, 0.1) is 3.57 Å². The maximum absolute atomic E-state index is 6.45. The number of hydrogen-bond donors (Lipinski definition) is 0. The molecular weight excluding hydrogens is 428 g/mol. The monoisotopic (exact) mass is 439 g/mol. The highest BCUT2D eigenvalue weighted by molar-refractivity contribution is 14.1. The van der Waals surface area contributed by atoms with Crippen LogP contribution in [-0.4, -0.2) is 0 Å². The summed E-state index contributed by atoms with van der Waals surface area (Å²) in [6.45, 7) is 0. The van der Waals surface area contributed by atoms with Crippen molar-refractivity contribution in [1.82, 2.24) is 0 Å². The fourth-order valence-corrected chi connectivity index (χ4v) is 3.50. The fraction of sp³-hybridized carbons (Fsp3) is 0. The maximum atomic E-state index is 6.45. The Morgan fingerprint density at radius 3 is 1.91 bits per heavy atom. The first-order chi connectivity index (χ1) is 10.7. The van der Waals surface area contributed by atoms with Gasteiger partial charge in [-0.15, -0.1) is 0 Å². The van der Waals surface area contributed by atoms with Gasteiger partial charge in [0.05, 0.1) is 21.4 Å². The summed E-state index contributed by atoms with van der Waals surface area (Å²) in [6, 6.07) is 23.8. The quantitative estimate of drug-likeness (QED) is 0.394. The summed E-state index contributed by atoms with van der Waals surface area (Å²) in [6.07, 6.45) is 0.